The molecule has 194 valence electrons. The summed E-state index contributed by atoms with van der Waals surface area (Å²) in [6, 6.07) is 16.0. The molecule has 1 aliphatic heterocycles. The Morgan fingerprint density at radius 2 is 1.21 bits per heavy atom. The number of aliphatic hydroxyl groups excluding tert-OH is 1. The van der Waals surface area contributed by atoms with Crippen molar-refractivity contribution < 1.29 is 45.3 Å². The summed E-state index contributed by atoms with van der Waals surface area (Å²) in [5.74, 6) is -2.63. The van der Waals surface area contributed by atoms with Gasteiger partial charge in [0.05, 0.1) is 0 Å². The maximum Gasteiger partial charge on any atom is 0.202 e. The molecule has 4 aromatic carbocycles. The van der Waals surface area contributed by atoms with Crippen molar-refractivity contribution >= 4 is 5.78 Å². The Morgan fingerprint density at radius 1 is 0.658 bits per heavy atom. The molecule has 0 fully saturated rings. The molecule has 38 heavy (non-hydrogen) atoms. The molecule has 0 spiro atoms. The molecule has 0 saturated carbocycles. The van der Waals surface area contributed by atoms with Gasteiger partial charge in [-0.25, -0.2) is 0 Å². The molecule has 5 rings (SSSR count). The first-order valence-electron chi connectivity index (χ1n) is 11.7. The van der Waals surface area contributed by atoms with E-state index in [1.165, 1.54) is 36.4 Å². The summed E-state index contributed by atoms with van der Waals surface area (Å²) in [5, 5.41) is 72.3. The van der Waals surface area contributed by atoms with Crippen LogP contribution in [0.4, 0.5) is 0 Å². The van der Waals surface area contributed by atoms with Crippen molar-refractivity contribution in [3.63, 3.8) is 0 Å². The molecule has 1 heterocycles. The topological polar surface area (TPSA) is 168 Å². The normalized spacial score (nSPS) is 16.6. The van der Waals surface area contributed by atoms with Crippen LogP contribution >= 0.6 is 0 Å². The van der Waals surface area contributed by atoms with E-state index in [9.17, 15) is 40.5 Å². The first-order chi connectivity index (χ1) is 18.1. The number of hydrogen-bond acceptors (Lipinski definition) is 9. The molecule has 7 N–H and O–H groups in total. The number of Topliss-reactive ketones (excluding diaryl/α,β-unsaturated/α-hetero) is 1. The number of carbonyl (C=O) groups is 1. The fraction of sp³-hybridized carbons (Fsp3) is 0.138. The summed E-state index contributed by atoms with van der Waals surface area (Å²) in [7, 11) is 0. The maximum absolute atomic E-state index is 13.4. The van der Waals surface area contributed by atoms with Crippen molar-refractivity contribution in [3.8, 4) is 40.2 Å². The van der Waals surface area contributed by atoms with Crippen LogP contribution in [0.25, 0.3) is 0 Å². The smallest absolute Gasteiger partial charge is 0.202 e. The van der Waals surface area contributed by atoms with E-state index in [1.54, 1.807) is 24.3 Å². The summed E-state index contributed by atoms with van der Waals surface area (Å²) < 4.78 is 6.04. The van der Waals surface area contributed by atoms with Gasteiger partial charge >= 0.3 is 0 Å². The number of aromatic hydroxyl groups is 6. The number of phenolic OH excluding ortho intramolecular Hbond substituents is 6. The highest BCUT2D eigenvalue weighted by atomic mass is 16.5. The minimum absolute atomic E-state index is 0.00639. The van der Waals surface area contributed by atoms with Crippen molar-refractivity contribution in [2.75, 3.05) is 0 Å². The second-order valence-corrected chi connectivity index (χ2v) is 9.14. The summed E-state index contributed by atoms with van der Waals surface area (Å²) >= 11 is 0. The van der Waals surface area contributed by atoms with Gasteiger partial charge in [0.2, 0.25) is 5.78 Å². The van der Waals surface area contributed by atoms with E-state index in [2.05, 4.69) is 0 Å². The van der Waals surface area contributed by atoms with Gasteiger partial charge in [0, 0.05) is 24.0 Å². The van der Waals surface area contributed by atoms with E-state index in [0.29, 0.717) is 11.1 Å². The number of benzene rings is 4. The molecule has 0 amide bonds. The molecule has 9 nitrogen and oxygen atoms in total. The van der Waals surface area contributed by atoms with Crippen LogP contribution in [0.15, 0.2) is 66.7 Å². The molecular weight excluding hydrogens is 492 g/mol. The monoisotopic (exact) mass is 516 g/mol. The van der Waals surface area contributed by atoms with Gasteiger partial charge in [0.15, 0.2) is 23.7 Å². The fourth-order valence-corrected chi connectivity index (χ4v) is 4.58. The van der Waals surface area contributed by atoms with Crippen LogP contribution in [0.1, 0.15) is 44.3 Å². The highest BCUT2D eigenvalue weighted by Gasteiger charge is 2.42. The van der Waals surface area contributed by atoms with Gasteiger partial charge in [0.25, 0.3) is 0 Å². The zero-order chi connectivity index (χ0) is 27.1. The number of carbonyl (C=O) groups excluding carboxylic acids is 1. The van der Waals surface area contributed by atoms with Gasteiger partial charge in [-0.15, -0.1) is 0 Å². The minimum atomic E-state index is -1.76. The lowest BCUT2D eigenvalue weighted by molar-refractivity contribution is 0.0205. The first kappa shape index (κ1) is 24.8. The van der Waals surface area contributed by atoms with E-state index in [1.807, 2.05) is 0 Å². The van der Waals surface area contributed by atoms with Gasteiger partial charge in [-0.05, 0) is 53.1 Å². The molecule has 9 heteroatoms. The van der Waals surface area contributed by atoms with E-state index in [4.69, 9.17) is 4.74 Å². The lowest BCUT2D eigenvalue weighted by atomic mass is 9.86. The van der Waals surface area contributed by atoms with Gasteiger partial charge in [-0.1, -0.05) is 30.3 Å². The van der Waals surface area contributed by atoms with Crippen LogP contribution in [0.5, 0.6) is 40.2 Å². The molecule has 0 unspecified atom stereocenters. The summed E-state index contributed by atoms with van der Waals surface area (Å²) in [4.78, 5) is 13.4. The Morgan fingerprint density at radius 3 is 1.76 bits per heavy atom. The van der Waals surface area contributed by atoms with Crippen LogP contribution in [0, 0.1) is 0 Å². The second kappa shape index (κ2) is 9.53. The number of phenols is 6. The predicted molar refractivity (Wildman–Crippen MR) is 135 cm³/mol. The van der Waals surface area contributed by atoms with Crippen LogP contribution in [-0.2, 0) is 12.8 Å². The van der Waals surface area contributed by atoms with Crippen LogP contribution in [0.2, 0.25) is 0 Å². The fourth-order valence-electron chi connectivity index (χ4n) is 4.58. The maximum atomic E-state index is 13.4. The van der Waals surface area contributed by atoms with Gasteiger partial charge in [-0.2, -0.15) is 0 Å². The van der Waals surface area contributed by atoms with E-state index < -0.39 is 35.2 Å². The summed E-state index contributed by atoms with van der Waals surface area (Å²) in [5.41, 5.74) is 1.39. The van der Waals surface area contributed by atoms with E-state index >= 15 is 0 Å². The number of fused-ring (bicyclic) bond motifs is 1. The Bertz CT molecular complexity index is 1530. The molecular formula is C29H24O9. The standard InChI is InChI=1S/C29H24O9/c30-17-6-1-14(2-7-17)11-19-24(34)20(12-15-3-8-18(31)9-4-15)29-23(25(19)35)26(36)27(37)28(38-29)16-5-10-21(32)22(33)13-16/h1-10,13,27-28,30-35,37H,11-12H2/t27-,28-/m0/s1. The Balaban J connectivity index is 1.67. The van der Waals surface area contributed by atoms with Gasteiger partial charge < -0.3 is 40.5 Å². The Labute approximate surface area is 216 Å². The summed E-state index contributed by atoms with van der Waals surface area (Å²) in [6.07, 6.45) is -3.01. The quantitative estimate of drug-likeness (QED) is 0.195. The largest absolute Gasteiger partial charge is 0.508 e. The van der Waals surface area contributed by atoms with Crippen LogP contribution in [-0.4, -0.2) is 47.6 Å². The Kier molecular flexibility index (Phi) is 6.22. The zero-order valence-electron chi connectivity index (χ0n) is 19.9. The first-order valence-corrected chi connectivity index (χ1v) is 11.7. The molecule has 0 aliphatic carbocycles. The lowest BCUT2D eigenvalue weighted by Crippen LogP contribution is -2.37. The van der Waals surface area contributed by atoms with Crippen molar-refractivity contribution in [2.24, 2.45) is 0 Å². The number of hydrogen-bond donors (Lipinski definition) is 7. The van der Waals surface area contributed by atoms with Crippen molar-refractivity contribution in [1.29, 1.82) is 0 Å². The summed E-state index contributed by atoms with van der Waals surface area (Å²) in [6.45, 7) is 0. The van der Waals surface area contributed by atoms with Gasteiger partial charge in [0.1, 0.15) is 34.3 Å². The van der Waals surface area contributed by atoms with Crippen LogP contribution < -0.4 is 4.74 Å². The van der Waals surface area contributed by atoms with Gasteiger partial charge in [-0.3, -0.25) is 4.79 Å². The van der Waals surface area contributed by atoms with Crippen LogP contribution in [0.3, 0.4) is 0 Å². The van der Waals surface area contributed by atoms with E-state index in [0.717, 1.165) is 6.07 Å². The molecule has 4 aromatic rings. The minimum Gasteiger partial charge on any atom is -0.508 e. The number of ether oxygens (including phenoxy) is 1. The highest BCUT2D eigenvalue weighted by molar-refractivity contribution is 6.06. The number of aliphatic hydroxyl groups is 1. The molecule has 2 atom stereocenters. The zero-order valence-corrected chi connectivity index (χ0v) is 19.9. The lowest BCUT2D eigenvalue weighted by Gasteiger charge is -2.33. The number of rotatable bonds is 5. The molecule has 0 radical (unpaired) electrons. The average Bonchev–Trinajstić information content (AvgIpc) is 2.90. The molecule has 0 saturated heterocycles. The highest BCUT2D eigenvalue weighted by Crippen LogP contribution is 2.49. The average molecular weight is 517 g/mol. The SMILES string of the molecule is O=C1c2c(O)c(Cc3ccc(O)cc3)c(O)c(Cc3ccc(O)cc3)c2O[C@@H](c2ccc(O)c(O)c2)[C@H]1O. The molecule has 1 aliphatic rings. The number of ketones is 1. The second-order valence-electron chi connectivity index (χ2n) is 9.14. The Hall–Kier alpha value is -4.89. The third-order valence-electron chi connectivity index (χ3n) is 6.60. The van der Waals surface area contributed by atoms with E-state index in [-0.39, 0.29) is 58.1 Å². The van der Waals surface area contributed by atoms with Crippen molar-refractivity contribution in [3.05, 3.63) is 100 Å². The molecule has 0 bridgehead atoms. The van der Waals surface area contributed by atoms with Crippen molar-refractivity contribution in [2.45, 2.75) is 25.0 Å². The third-order valence-corrected chi connectivity index (χ3v) is 6.60. The molecule has 0 aromatic heterocycles. The van der Waals surface area contributed by atoms with Crippen molar-refractivity contribution in [1.82, 2.24) is 0 Å². The predicted octanol–water partition coefficient (Wildman–Crippen LogP) is 3.78. The third kappa shape index (κ3) is 4.39.